The molecule has 0 fully saturated rings. The Morgan fingerprint density at radius 3 is 2.10 bits per heavy atom. The second kappa shape index (κ2) is 6.15. The molecule has 1 heterocycles. The lowest BCUT2D eigenvalue weighted by Gasteiger charge is -2.26. The first-order valence-electron chi connectivity index (χ1n) is 6.28. The van der Waals surface area contributed by atoms with Crippen LogP contribution in [0.15, 0.2) is 12.1 Å². The number of hydrogen-bond acceptors (Lipinski definition) is 2. The Balaban J connectivity index is 2.98. The first-order chi connectivity index (χ1) is 8.93. The van der Waals surface area contributed by atoms with Crippen molar-refractivity contribution in [3.8, 4) is 0 Å². The van der Waals surface area contributed by atoms with E-state index in [0.717, 1.165) is 6.07 Å². The Kier molecular flexibility index (Phi) is 5.43. The summed E-state index contributed by atoms with van der Waals surface area (Å²) in [5.74, 6) is 0.0426. The van der Waals surface area contributed by atoms with Crippen molar-refractivity contribution in [3.05, 3.63) is 21.9 Å². The van der Waals surface area contributed by atoms with Crippen molar-refractivity contribution >= 4 is 22.3 Å². The monoisotopic (exact) mass is 327 g/mol. The van der Waals surface area contributed by atoms with Gasteiger partial charge in [0.2, 0.25) is 0 Å². The van der Waals surface area contributed by atoms with E-state index in [1.807, 2.05) is 34.6 Å². The smallest absolute Gasteiger partial charge is 0.242 e. The second-order valence-corrected chi connectivity index (χ2v) is 9.03. The summed E-state index contributed by atoms with van der Waals surface area (Å²) in [7, 11) is -1.32. The van der Waals surface area contributed by atoms with Crippen molar-refractivity contribution in [2.24, 2.45) is 5.92 Å². The molecule has 0 saturated heterocycles. The third kappa shape index (κ3) is 4.56. The lowest BCUT2D eigenvalue weighted by Crippen LogP contribution is -2.37. The molecule has 0 aromatic carbocycles. The predicted molar refractivity (Wildman–Crippen MR) is 77.9 cm³/mol. The summed E-state index contributed by atoms with van der Waals surface area (Å²) in [6.45, 7) is 9.25. The van der Waals surface area contributed by atoms with Crippen LogP contribution in [-0.4, -0.2) is 8.96 Å². The maximum absolute atomic E-state index is 12.6. The zero-order valence-corrected chi connectivity index (χ0v) is 13.8. The summed E-state index contributed by atoms with van der Waals surface area (Å²) in [5, 5.41) is 0. The number of alkyl halides is 3. The first kappa shape index (κ1) is 17.7. The van der Waals surface area contributed by atoms with Gasteiger partial charge >= 0.3 is 6.18 Å². The van der Waals surface area contributed by atoms with Gasteiger partial charge in [0, 0.05) is 4.88 Å². The molecule has 1 aromatic heterocycles. The van der Waals surface area contributed by atoms with Gasteiger partial charge in [-0.2, -0.15) is 13.2 Å². The summed E-state index contributed by atoms with van der Waals surface area (Å²) < 4.78 is 52.6. The Morgan fingerprint density at radius 1 is 1.20 bits per heavy atom. The minimum Gasteiger partial charge on any atom is -0.242 e. The number of thiophene rings is 1. The van der Waals surface area contributed by atoms with E-state index in [2.05, 4.69) is 4.72 Å². The van der Waals surface area contributed by atoms with Gasteiger partial charge in [-0.05, 0) is 38.8 Å². The lowest BCUT2D eigenvalue weighted by molar-refractivity contribution is -0.134. The molecule has 1 N–H and O–H groups in total. The molecular weight excluding hydrogens is 307 g/mol. The highest BCUT2D eigenvalue weighted by Gasteiger charge is 2.34. The maximum Gasteiger partial charge on any atom is 0.425 e. The van der Waals surface area contributed by atoms with Crippen LogP contribution in [0.5, 0.6) is 0 Å². The van der Waals surface area contributed by atoms with Crippen molar-refractivity contribution in [1.29, 1.82) is 0 Å². The van der Waals surface area contributed by atoms with Gasteiger partial charge in [-0.25, -0.2) is 8.93 Å². The van der Waals surface area contributed by atoms with E-state index >= 15 is 0 Å². The zero-order valence-electron chi connectivity index (χ0n) is 12.2. The highest BCUT2D eigenvalue weighted by atomic mass is 32.2. The molecule has 0 bridgehead atoms. The van der Waals surface area contributed by atoms with Crippen molar-refractivity contribution < 1.29 is 17.4 Å². The van der Waals surface area contributed by atoms with E-state index in [1.165, 1.54) is 6.07 Å². The number of halogens is 3. The molecule has 2 nitrogen and oxygen atoms in total. The topological polar surface area (TPSA) is 29.1 Å². The molecule has 0 aliphatic rings. The van der Waals surface area contributed by atoms with Crippen LogP contribution in [0.25, 0.3) is 0 Å². The molecule has 0 spiro atoms. The molecule has 0 amide bonds. The summed E-state index contributed by atoms with van der Waals surface area (Å²) in [6, 6.07) is 2.19. The third-order valence-corrected chi connectivity index (χ3v) is 5.46. The van der Waals surface area contributed by atoms with Gasteiger partial charge in [0.1, 0.15) is 4.88 Å². The minimum absolute atomic E-state index is 0.0426. The number of hydrogen-bond donors (Lipinski definition) is 1. The molecule has 0 radical (unpaired) electrons. The molecule has 116 valence electrons. The molecule has 0 unspecified atom stereocenters. The molecular formula is C13H20F3NOS2. The van der Waals surface area contributed by atoms with Crippen LogP contribution < -0.4 is 4.72 Å². The van der Waals surface area contributed by atoms with Crippen molar-refractivity contribution in [2.45, 2.75) is 51.6 Å². The van der Waals surface area contributed by atoms with Crippen LogP contribution >= 0.6 is 11.3 Å². The fourth-order valence-electron chi connectivity index (χ4n) is 1.49. The summed E-state index contributed by atoms with van der Waals surface area (Å²) in [5.41, 5.74) is 0. The predicted octanol–water partition coefficient (Wildman–Crippen LogP) is 4.52. The molecule has 20 heavy (non-hydrogen) atoms. The lowest BCUT2D eigenvalue weighted by atomic mass is 10.0. The van der Waals surface area contributed by atoms with Gasteiger partial charge in [-0.1, -0.05) is 13.8 Å². The van der Waals surface area contributed by atoms with Crippen molar-refractivity contribution in [3.63, 3.8) is 0 Å². The van der Waals surface area contributed by atoms with Gasteiger partial charge in [0.15, 0.2) is 0 Å². The number of rotatable bonds is 4. The van der Waals surface area contributed by atoms with Crippen LogP contribution in [0.4, 0.5) is 13.2 Å². The average molecular weight is 327 g/mol. The molecule has 1 rings (SSSR count). The summed E-state index contributed by atoms with van der Waals surface area (Å²) in [4.78, 5) is -0.0635. The van der Waals surface area contributed by atoms with Crippen LogP contribution in [0.2, 0.25) is 0 Å². The second-order valence-electron chi connectivity index (χ2n) is 5.92. The van der Waals surface area contributed by atoms with Crippen LogP contribution in [0, 0.1) is 5.92 Å². The van der Waals surface area contributed by atoms with Gasteiger partial charge in [-0.15, -0.1) is 11.3 Å². The SMILES string of the molecule is CC(C)[C@H](N[S@@](=O)C(C)(C)C)c1ccc(C(F)(F)F)s1. The van der Waals surface area contributed by atoms with E-state index in [1.54, 1.807) is 0 Å². The number of nitrogens with one attached hydrogen (secondary N) is 1. The zero-order chi connectivity index (χ0) is 15.7. The van der Waals surface area contributed by atoms with Gasteiger partial charge in [0.25, 0.3) is 0 Å². The highest BCUT2D eigenvalue weighted by molar-refractivity contribution is 7.84. The van der Waals surface area contributed by atoms with Gasteiger partial charge in [-0.3, -0.25) is 0 Å². The van der Waals surface area contributed by atoms with Crippen molar-refractivity contribution in [1.82, 2.24) is 4.72 Å². The Morgan fingerprint density at radius 2 is 1.75 bits per heavy atom. The third-order valence-electron chi connectivity index (χ3n) is 2.67. The normalized spacial score (nSPS) is 16.4. The molecule has 0 saturated carbocycles. The average Bonchev–Trinajstić information content (AvgIpc) is 2.71. The quantitative estimate of drug-likeness (QED) is 0.866. The van der Waals surface area contributed by atoms with Crippen LogP contribution in [-0.2, 0) is 17.2 Å². The Labute approximate surface area is 124 Å². The minimum atomic E-state index is -4.33. The largest absolute Gasteiger partial charge is 0.425 e. The van der Waals surface area contributed by atoms with Crippen molar-refractivity contribution in [2.75, 3.05) is 0 Å². The first-order valence-corrected chi connectivity index (χ1v) is 8.24. The molecule has 1 aromatic rings. The summed E-state index contributed by atoms with van der Waals surface area (Å²) in [6.07, 6.45) is -4.33. The molecule has 7 heteroatoms. The highest BCUT2D eigenvalue weighted by Crippen LogP contribution is 2.38. The fraction of sp³-hybridized carbons (Fsp3) is 0.692. The summed E-state index contributed by atoms with van der Waals surface area (Å²) >= 11 is 0.707. The molecule has 2 atom stereocenters. The molecule has 0 aliphatic heterocycles. The van der Waals surface area contributed by atoms with Gasteiger partial charge < -0.3 is 0 Å². The van der Waals surface area contributed by atoms with Crippen LogP contribution in [0.1, 0.15) is 50.4 Å². The standard InChI is InChI=1S/C13H20F3NOS2/c1-8(2)11(17-20(18)12(3,4)5)9-6-7-10(19-9)13(14,15)16/h6-8,11,17H,1-5H3/t11-,20-/m0/s1. The van der Waals surface area contributed by atoms with E-state index < -0.39 is 26.8 Å². The molecule has 0 aliphatic carbocycles. The van der Waals surface area contributed by atoms with E-state index in [9.17, 15) is 17.4 Å². The Bertz CT molecular complexity index is 475. The maximum atomic E-state index is 12.6. The van der Waals surface area contributed by atoms with E-state index in [-0.39, 0.29) is 12.0 Å². The van der Waals surface area contributed by atoms with Gasteiger partial charge in [0.05, 0.1) is 21.8 Å². The van der Waals surface area contributed by atoms with E-state index in [4.69, 9.17) is 0 Å². The Hall–Kier alpha value is -0.400. The fourth-order valence-corrected chi connectivity index (χ4v) is 3.64. The van der Waals surface area contributed by atoms with E-state index in [0.29, 0.717) is 16.2 Å². The van der Waals surface area contributed by atoms with Crippen LogP contribution in [0.3, 0.4) is 0 Å².